The van der Waals surface area contributed by atoms with Crippen molar-refractivity contribution in [2.24, 2.45) is 0 Å². The molecule has 0 spiro atoms. The van der Waals surface area contributed by atoms with E-state index in [-0.39, 0.29) is 17.8 Å². The van der Waals surface area contributed by atoms with Crippen molar-refractivity contribution in [2.75, 3.05) is 19.7 Å². The van der Waals surface area contributed by atoms with Crippen LogP contribution in [0, 0.1) is 0 Å². The van der Waals surface area contributed by atoms with E-state index in [0.717, 1.165) is 11.1 Å². The largest absolute Gasteiger partial charge is 0.419 e. The van der Waals surface area contributed by atoms with Gasteiger partial charge in [0.1, 0.15) is 6.10 Å². The number of carbonyl (C=O) groups excluding carboxylic acids is 1. The molecule has 1 aromatic heterocycles. The Morgan fingerprint density at radius 3 is 2.70 bits per heavy atom. The predicted molar refractivity (Wildman–Crippen MR) is 101 cm³/mol. The number of nitrogens with zero attached hydrogens (tertiary/aromatic N) is 2. The van der Waals surface area contributed by atoms with Crippen molar-refractivity contribution in [1.82, 2.24) is 9.47 Å². The average molecular weight is 366 g/mol. The van der Waals surface area contributed by atoms with Gasteiger partial charge in [-0.15, -0.1) is 0 Å². The van der Waals surface area contributed by atoms with E-state index in [0.29, 0.717) is 44.7 Å². The molecule has 6 heteroatoms. The molecular weight excluding hydrogens is 344 g/mol. The standard InChI is InChI=1S/C21H22N2O4/c24-20(22-13-14-26-19(15-22)16-7-2-1-3-8-16)11-6-12-23-17-9-4-5-10-18(17)27-21(23)25/h1-5,7-10,19H,6,11-15H2. The van der Waals surface area contributed by atoms with Gasteiger partial charge in [-0.2, -0.15) is 0 Å². The van der Waals surface area contributed by atoms with Gasteiger partial charge in [0.2, 0.25) is 5.91 Å². The second kappa shape index (κ2) is 7.80. The fraction of sp³-hybridized carbons (Fsp3) is 0.333. The Labute approximate surface area is 157 Å². The molecule has 2 aromatic carbocycles. The number of carbonyl (C=O) groups is 1. The zero-order valence-electron chi connectivity index (χ0n) is 15.0. The number of aryl methyl sites for hydroxylation is 1. The summed E-state index contributed by atoms with van der Waals surface area (Å²) >= 11 is 0. The lowest BCUT2D eigenvalue weighted by Gasteiger charge is -2.33. The van der Waals surface area contributed by atoms with Crippen LogP contribution in [-0.2, 0) is 16.1 Å². The number of morpholine rings is 1. The van der Waals surface area contributed by atoms with Gasteiger partial charge in [0, 0.05) is 19.5 Å². The van der Waals surface area contributed by atoms with Crippen molar-refractivity contribution < 1.29 is 13.9 Å². The van der Waals surface area contributed by atoms with Crippen LogP contribution in [0.2, 0.25) is 0 Å². The molecule has 0 radical (unpaired) electrons. The molecule has 0 aliphatic carbocycles. The maximum absolute atomic E-state index is 12.6. The van der Waals surface area contributed by atoms with Gasteiger partial charge in [-0.25, -0.2) is 4.79 Å². The third-order valence-corrected chi connectivity index (χ3v) is 4.94. The second-order valence-corrected chi connectivity index (χ2v) is 6.70. The van der Waals surface area contributed by atoms with E-state index < -0.39 is 0 Å². The summed E-state index contributed by atoms with van der Waals surface area (Å²) in [5.41, 5.74) is 2.43. The number of aromatic nitrogens is 1. The summed E-state index contributed by atoms with van der Waals surface area (Å²) in [6, 6.07) is 17.3. The van der Waals surface area contributed by atoms with E-state index in [4.69, 9.17) is 9.15 Å². The number of para-hydroxylation sites is 2. The topological polar surface area (TPSA) is 64.7 Å². The Kier molecular flexibility index (Phi) is 5.07. The maximum atomic E-state index is 12.6. The summed E-state index contributed by atoms with van der Waals surface area (Å²) in [5.74, 6) is -0.278. The Morgan fingerprint density at radius 1 is 1.07 bits per heavy atom. The third kappa shape index (κ3) is 3.80. The number of amides is 1. The minimum Gasteiger partial charge on any atom is -0.408 e. The molecular formula is C21H22N2O4. The minimum atomic E-state index is -0.376. The lowest BCUT2D eigenvalue weighted by atomic mass is 10.1. The number of oxazole rings is 1. The Balaban J connectivity index is 1.35. The molecule has 1 aliphatic heterocycles. The summed E-state index contributed by atoms with van der Waals surface area (Å²) in [6.45, 7) is 2.18. The minimum absolute atomic E-state index is 0.0793. The SMILES string of the molecule is O=C(CCCn1c(=O)oc2ccccc21)N1CCOC(c2ccccc2)C1. The highest BCUT2D eigenvalue weighted by molar-refractivity contribution is 5.76. The highest BCUT2D eigenvalue weighted by Crippen LogP contribution is 2.22. The summed E-state index contributed by atoms with van der Waals surface area (Å²) in [6.07, 6.45) is 0.910. The van der Waals surface area contributed by atoms with Crippen molar-refractivity contribution in [2.45, 2.75) is 25.5 Å². The molecule has 3 aromatic rings. The first-order valence-electron chi connectivity index (χ1n) is 9.25. The highest BCUT2D eigenvalue weighted by atomic mass is 16.5. The molecule has 0 saturated carbocycles. The molecule has 0 bridgehead atoms. The van der Waals surface area contributed by atoms with E-state index in [1.165, 1.54) is 0 Å². The quantitative estimate of drug-likeness (QED) is 0.696. The summed E-state index contributed by atoms with van der Waals surface area (Å²) < 4.78 is 12.6. The average Bonchev–Trinajstić information content (AvgIpc) is 3.04. The zero-order valence-corrected chi connectivity index (χ0v) is 15.0. The van der Waals surface area contributed by atoms with Crippen LogP contribution in [0.25, 0.3) is 11.1 Å². The van der Waals surface area contributed by atoms with Crippen molar-refractivity contribution in [3.8, 4) is 0 Å². The molecule has 6 nitrogen and oxygen atoms in total. The van der Waals surface area contributed by atoms with Gasteiger partial charge in [-0.3, -0.25) is 9.36 Å². The molecule has 0 N–H and O–H groups in total. The Hall–Kier alpha value is -2.86. The van der Waals surface area contributed by atoms with E-state index in [1.54, 1.807) is 10.6 Å². The number of hydrogen-bond acceptors (Lipinski definition) is 4. The number of ether oxygens (including phenoxy) is 1. The number of fused-ring (bicyclic) bond motifs is 1. The van der Waals surface area contributed by atoms with E-state index in [1.807, 2.05) is 53.4 Å². The van der Waals surface area contributed by atoms with Crippen LogP contribution in [0.15, 0.2) is 63.8 Å². The van der Waals surface area contributed by atoms with Gasteiger partial charge >= 0.3 is 5.76 Å². The zero-order chi connectivity index (χ0) is 18.6. The molecule has 1 atom stereocenters. The normalized spacial score (nSPS) is 17.3. The molecule has 27 heavy (non-hydrogen) atoms. The van der Waals surface area contributed by atoms with E-state index in [2.05, 4.69) is 0 Å². The number of hydrogen-bond donors (Lipinski definition) is 0. The van der Waals surface area contributed by atoms with Gasteiger partial charge in [-0.05, 0) is 24.1 Å². The van der Waals surface area contributed by atoms with E-state index in [9.17, 15) is 9.59 Å². The predicted octanol–water partition coefficient (Wildman–Crippen LogP) is 2.97. The first-order valence-corrected chi connectivity index (χ1v) is 9.25. The van der Waals surface area contributed by atoms with Crippen molar-refractivity contribution >= 4 is 17.0 Å². The third-order valence-electron chi connectivity index (χ3n) is 4.94. The van der Waals surface area contributed by atoms with Crippen LogP contribution >= 0.6 is 0 Å². The van der Waals surface area contributed by atoms with Gasteiger partial charge in [-0.1, -0.05) is 42.5 Å². The fourth-order valence-corrected chi connectivity index (χ4v) is 3.52. The molecule has 1 aliphatic rings. The van der Waals surface area contributed by atoms with Crippen molar-refractivity contribution in [1.29, 1.82) is 0 Å². The number of benzene rings is 2. The van der Waals surface area contributed by atoms with Crippen LogP contribution in [0.3, 0.4) is 0 Å². The Morgan fingerprint density at radius 2 is 1.85 bits per heavy atom. The van der Waals surface area contributed by atoms with Gasteiger partial charge in [0.25, 0.3) is 0 Å². The van der Waals surface area contributed by atoms with Gasteiger partial charge in [0.15, 0.2) is 5.58 Å². The van der Waals surface area contributed by atoms with Crippen LogP contribution in [0.4, 0.5) is 0 Å². The van der Waals surface area contributed by atoms with Crippen molar-refractivity contribution in [3.05, 3.63) is 70.7 Å². The lowest BCUT2D eigenvalue weighted by Crippen LogP contribution is -2.42. The lowest BCUT2D eigenvalue weighted by molar-refractivity contribution is -0.139. The molecule has 1 unspecified atom stereocenters. The molecule has 1 saturated heterocycles. The van der Waals surface area contributed by atoms with Gasteiger partial charge < -0.3 is 14.1 Å². The smallest absolute Gasteiger partial charge is 0.408 e. The molecule has 140 valence electrons. The molecule has 2 heterocycles. The van der Waals surface area contributed by atoms with Gasteiger partial charge in [0.05, 0.1) is 18.7 Å². The maximum Gasteiger partial charge on any atom is 0.419 e. The summed E-state index contributed by atoms with van der Waals surface area (Å²) in [5, 5.41) is 0. The highest BCUT2D eigenvalue weighted by Gasteiger charge is 2.25. The summed E-state index contributed by atoms with van der Waals surface area (Å²) in [7, 11) is 0. The van der Waals surface area contributed by atoms with Crippen molar-refractivity contribution in [3.63, 3.8) is 0 Å². The summed E-state index contributed by atoms with van der Waals surface area (Å²) in [4.78, 5) is 26.5. The van der Waals surface area contributed by atoms with Crippen LogP contribution in [0.1, 0.15) is 24.5 Å². The first-order chi connectivity index (χ1) is 13.2. The molecule has 4 rings (SSSR count). The Bertz CT molecular complexity index is 977. The second-order valence-electron chi connectivity index (χ2n) is 6.70. The first kappa shape index (κ1) is 17.5. The van der Waals surface area contributed by atoms with E-state index >= 15 is 0 Å². The fourth-order valence-electron chi connectivity index (χ4n) is 3.52. The van der Waals surface area contributed by atoms with Crippen LogP contribution in [0.5, 0.6) is 0 Å². The molecule has 1 fully saturated rings. The van der Waals surface area contributed by atoms with Crippen LogP contribution < -0.4 is 5.76 Å². The monoisotopic (exact) mass is 366 g/mol. The number of rotatable bonds is 5. The van der Waals surface area contributed by atoms with Crippen LogP contribution in [-0.4, -0.2) is 35.1 Å². The molecule has 1 amide bonds.